The van der Waals surface area contributed by atoms with Gasteiger partial charge in [-0.2, -0.15) is 4.31 Å². The van der Waals surface area contributed by atoms with E-state index in [1.165, 1.54) is 23.6 Å². The first-order chi connectivity index (χ1) is 14.1. The van der Waals surface area contributed by atoms with Gasteiger partial charge in [0.05, 0.1) is 16.8 Å². The third-order valence-electron chi connectivity index (χ3n) is 5.55. The van der Waals surface area contributed by atoms with Gasteiger partial charge in [0.1, 0.15) is 11.9 Å². The summed E-state index contributed by atoms with van der Waals surface area (Å²) in [4.78, 5) is 19.8. The zero-order valence-corrected chi connectivity index (χ0v) is 17.1. The molecular formula is C21H26N4O3S. The van der Waals surface area contributed by atoms with E-state index >= 15 is 0 Å². The predicted molar refractivity (Wildman–Crippen MR) is 112 cm³/mol. The number of nitrogens with one attached hydrogen (secondary N) is 1. The van der Waals surface area contributed by atoms with Crippen molar-refractivity contribution in [2.75, 3.05) is 29.9 Å². The van der Waals surface area contributed by atoms with Crippen molar-refractivity contribution in [2.24, 2.45) is 0 Å². The van der Waals surface area contributed by atoms with E-state index in [0.29, 0.717) is 25.1 Å². The van der Waals surface area contributed by atoms with Gasteiger partial charge in [0, 0.05) is 19.6 Å². The van der Waals surface area contributed by atoms with Crippen LogP contribution in [-0.2, 0) is 14.8 Å². The molecule has 0 spiro atoms. The largest absolute Gasteiger partial charge is 0.357 e. The Bertz CT molecular complexity index is 942. The van der Waals surface area contributed by atoms with E-state index in [2.05, 4.69) is 15.2 Å². The average Bonchev–Trinajstić information content (AvgIpc) is 3.27. The van der Waals surface area contributed by atoms with Crippen LogP contribution in [0, 0.1) is 0 Å². The normalized spacial score (nSPS) is 20.6. The maximum Gasteiger partial charge on any atom is 0.243 e. The molecule has 0 unspecified atom stereocenters. The summed E-state index contributed by atoms with van der Waals surface area (Å²) in [5.41, 5.74) is 0.583. The number of anilines is 2. The number of carbonyl (C=O) groups is 1. The van der Waals surface area contributed by atoms with Crippen LogP contribution in [-0.4, -0.2) is 49.3 Å². The molecule has 1 amide bonds. The predicted octanol–water partition coefficient (Wildman–Crippen LogP) is 2.86. The topological polar surface area (TPSA) is 82.6 Å². The Morgan fingerprint density at radius 2 is 1.72 bits per heavy atom. The highest BCUT2D eigenvalue weighted by molar-refractivity contribution is 7.89. The number of rotatable bonds is 5. The molecule has 2 aromatic rings. The fraction of sp³-hybridized carbons (Fsp3) is 0.429. The number of hydrogen-bond donors (Lipinski definition) is 1. The second-order valence-corrected chi connectivity index (χ2v) is 9.42. The Morgan fingerprint density at radius 1 is 0.966 bits per heavy atom. The molecule has 2 aliphatic heterocycles. The summed E-state index contributed by atoms with van der Waals surface area (Å²) < 4.78 is 27.2. The van der Waals surface area contributed by atoms with Crippen LogP contribution >= 0.6 is 0 Å². The Morgan fingerprint density at radius 3 is 2.41 bits per heavy atom. The average molecular weight is 415 g/mol. The van der Waals surface area contributed by atoms with Gasteiger partial charge in [0.25, 0.3) is 0 Å². The van der Waals surface area contributed by atoms with E-state index in [-0.39, 0.29) is 10.8 Å². The maximum absolute atomic E-state index is 12.9. The number of carbonyl (C=O) groups excluding carboxylic acids is 1. The Kier molecular flexibility index (Phi) is 5.82. The number of hydrogen-bond acceptors (Lipinski definition) is 5. The van der Waals surface area contributed by atoms with Gasteiger partial charge in [-0.3, -0.25) is 4.79 Å². The first-order valence-corrected chi connectivity index (χ1v) is 11.6. The lowest BCUT2D eigenvalue weighted by Crippen LogP contribution is -2.43. The summed E-state index contributed by atoms with van der Waals surface area (Å²) in [6.45, 7) is 2.36. The molecule has 3 heterocycles. The quantitative estimate of drug-likeness (QED) is 0.814. The van der Waals surface area contributed by atoms with E-state index in [4.69, 9.17) is 0 Å². The van der Waals surface area contributed by atoms with Crippen LogP contribution in [0.15, 0.2) is 53.6 Å². The molecule has 4 rings (SSSR count). The first kappa shape index (κ1) is 19.8. The summed E-state index contributed by atoms with van der Waals surface area (Å²) in [6, 6.07) is 11.3. The molecular weight excluding hydrogens is 388 g/mol. The number of nitrogens with zero attached hydrogens (tertiary/aromatic N) is 3. The molecule has 29 heavy (non-hydrogen) atoms. The van der Waals surface area contributed by atoms with E-state index < -0.39 is 16.1 Å². The molecule has 0 saturated carbocycles. The zero-order valence-electron chi connectivity index (χ0n) is 16.3. The summed E-state index contributed by atoms with van der Waals surface area (Å²) >= 11 is 0. The van der Waals surface area contributed by atoms with Gasteiger partial charge in [-0.25, -0.2) is 13.4 Å². The molecule has 7 nitrogen and oxygen atoms in total. The van der Waals surface area contributed by atoms with Crippen LogP contribution < -0.4 is 10.2 Å². The van der Waals surface area contributed by atoms with Crippen LogP contribution in [0.25, 0.3) is 0 Å². The molecule has 0 bridgehead atoms. The first-order valence-electron chi connectivity index (χ1n) is 10.1. The molecule has 8 heteroatoms. The van der Waals surface area contributed by atoms with Crippen LogP contribution in [0.1, 0.15) is 32.1 Å². The van der Waals surface area contributed by atoms with E-state index in [1.807, 2.05) is 12.1 Å². The van der Waals surface area contributed by atoms with Gasteiger partial charge in [-0.05, 0) is 56.4 Å². The van der Waals surface area contributed by atoms with Crippen LogP contribution in [0.5, 0.6) is 0 Å². The van der Waals surface area contributed by atoms with Crippen molar-refractivity contribution in [3.63, 3.8) is 0 Å². The van der Waals surface area contributed by atoms with Gasteiger partial charge >= 0.3 is 0 Å². The zero-order chi connectivity index (χ0) is 20.3. The number of aromatic nitrogens is 1. The van der Waals surface area contributed by atoms with Crippen LogP contribution in [0.2, 0.25) is 0 Å². The SMILES string of the molecule is O=C(Nc1ccc(N2CCCCC2)nc1)[C@H]1CCCN1S(=O)(=O)c1ccccc1. The third kappa shape index (κ3) is 4.28. The van der Waals surface area contributed by atoms with Crippen molar-refractivity contribution in [1.82, 2.24) is 9.29 Å². The highest BCUT2D eigenvalue weighted by Gasteiger charge is 2.39. The molecule has 2 aliphatic rings. The maximum atomic E-state index is 12.9. The Hall–Kier alpha value is -2.45. The fourth-order valence-corrected chi connectivity index (χ4v) is 5.69. The van der Waals surface area contributed by atoms with Crippen molar-refractivity contribution >= 4 is 27.4 Å². The highest BCUT2D eigenvalue weighted by atomic mass is 32.2. The number of pyridine rings is 1. The number of benzene rings is 1. The van der Waals surface area contributed by atoms with Gasteiger partial charge in [0.15, 0.2) is 0 Å². The smallest absolute Gasteiger partial charge is 0.243 e. The minimum Gasteiger partial charge on any atom is -0.357 e. The van der Waals surface area contributed by atoms with Crippen molar-refractivity contribution in [2.45, 2.75) is 43.0 Å². The summed E-state index contributed by atoms with van der Waals surface area (Å²) in [7, 11) is -3.70. The monoisotopic (exact) mass is 414 g/mol. The standard InChI is InChI=1S/C21H26N4O3S/c26-21(23-17-11-12-20(22-16-17)24-13-5-2-6-14-24)19-10-7-15-25(19)29(27,28)18-8-3-1-4-9-18/h1,3-4,8-9,11-12,16,19H,2,5-7,10,13-15H2,(H,23,26)/t19-/m1/s1. The van der Waals surface area contributed by atoms with Gasteiger partial charge in [0.2, 0.25) is 15.9 Å². The van der Waals surface area contributed by atoms with E-state index in [1.54, 1.807) is 36.5 Å². The fourth-order valence-electron chi connectivity index (χ4n) is 4.01. The second-order valence-electron chi connectivity index (χ2n) is 7.53. The van der Waals surface area contributed by atoms with Crippen LogP contribution in [0.4, 0.5) is 11.5 Å². The molecule has 2 fully saturated rings. The van der Waals surface area contributed by atoms with Crippen molar-refractivity contribution in [3.05, 3.63) is 48.7 Å². The molecule has 0 radical (unpaired) electrons. The molecule has 2 saturated heterocycles. The molecule has 1 N–H and O–H groups in total. The van der Waals surface area contributed by atoms with Gasteiger partial charge in [-0.1, -0.05) is 18.2 Å². The lowest BCUT2D eigenvalue weighted by atomic mass is 10.1. The molecule has 1 aromatic carbocycles. The minimum absolute atomic E-state index is 0.215. The van der Waals surface area contributed by atoms with Gasteiger partial charge < -0.3 is 10.2 Å². The molecule has 1 atom stereocenters. The van der Waals surface area contributed by atoms with E-state index in [9.17, 15) is 13.2 Å². The number of sulfonamides is 1. The summed E-state index contributed by atoms with van der Waals surface area (Å²) in [6.07, 6.45) is 6.43. The Balaban J connectivity index is 1.45. The minimum atomic E-state index is -3.70. The van der Waals surface area contributed by atoms with Crippen molar-refractivity contribution in [1.29, 1.82) is 0 Å². The molecule has 1 aromatic heterocycles. The van der Waals surface area contributed by atoms with Crippen LogP contribution in [0.3, 0.4) is 0 Å². The summed E-state index contributed by atoms with van der Waals surface area (Å²) in [5.74, 6) is 0.603. The lowest BCUT2D eigenvalue weighted by Gasteiger charge is -2.27. The van der Waals surface area contributed by atoms with Crippen molar-refractivity contribution < 1.29 is 13.2 Å². The highest BCUT2D eigenvalue weighted by Crippen LogP contribution is 2.27. The third-order valence-corrected chi connectivity index (χ3v) is 7.47. The number of piperidine rings is 1. The lowest BCUT2D eigenvalue weighted by molar-refractivity contribution is -0.119. The van der Waals surface area contributed by atoms with E-state index in [0.717, 1.165) is 18.9 Å². The second kappa shape index (κ2) is 8.51. The van der Waals surface area contributed by atoms with Crippen molar-refractivity contribution in [3.8, 4) is 0 Å². The summed E-state index contributed by atoms with van der Waals surface area (Å²) in [5, 5.41) is 2.84. The Labute approximate surface area is 171 Å². The molecule has 154 valence electrons. The number of amides is 1. The van der Waals surface area contributed by atoms with Gasteiger partial charge in [-0.15, -0.1) is 0 Å². The molecule has 0 aliphatic carbocycles.